The highest BCUT2D eigenvalue weighted by Crippen LogP contribution is 2.38. The molecular weight excluding hydrogens is 470 g/mol. The van der Waals surface area contributed by atoms with Crippen LogP contribution in [0.2, 0.25) is 0 Å². The predicted octanol–water partition coefficient (Wildman–Crippen LogP) is 4.45. The third-order valence-corrected chi connectivity index (χ3v) is 9.01. The second-order valence-corrected chi connectivity index (χ2v) is 10.9. The molecule has 34 heavy (non-hydrogen) atoms. The second kappa shape index (κ2) is 9.99. The summed E-state index contributed by atoms with van der Waals surface area (Å²) >= 11 is 1.45. The highest BCUT2D eigenvalue weighted by molar-refractivity contribution is 7.92. The van der Waals surface area contributed by atoms with Gasteiger partial charge in [0.05, 0.1) is 16.1 Å². The summed E-state index contributed by atoms with van der Waals surface area (Å²) in [5.74, 6) is -0.597. The van der Waals surface area contributed by atoms with Crippen molar-refractivity contribution in [2.45, 2.75) is 37.5 Å². The highest BCUT2D eigenvalue weighted by Gasteiger charge is 2.27. The van der Waals surface area contributed by atoms with Crippen LogP contribution in [-0.2, 0) is 22.9 Å². The van der Waals surface area contributed by atoms with E-state index >= 15 is 0 Å². The number of carbonyl (C=O) groups is 2. The molecule has 0 aliphatic heterocycles. The van der Waals surface area contributed by atoms with E-state index in [0.717, 1.165) is 36.1 Å². The van der Waals surface area contributed by atoms with Gasteiger partial charge < -0.3 is 10.6 Å². The van der Waals surface area contributed by atoms with Crippen molar-refractivity contribution >= 4 is 43.9 Å². The molecule has 9 heteroatoms. The number of sulfonamides is 1. The number of anilines is 2. The lowest BCUT2D eigenvalue weighted by atomic mass is 9.95. The molecule has 1 aliphatic rings. The van der Waals surface area contributed by atoms with Crippen LogP contribution in [-0.4, -0.2) is 33.8 Å². The van der Waals surface area contributed by atoms with Crippen LogP contribution >= 0.6 is 11.3 Å². The number of hydrogen-bond acceptors (Lipinski definition) is 5. The van der Waals surface area contributed by atoms with Gasteiger partial charge in [0.15, 0.2) is 0 Å². The Balaban J connectivity index is 1.58. The summed E-state index contributed by atoms with van der Waals surface area (Å²) in [4.78, 5) is 26.7. The number of hydrogen-bond donors (Lipinski definition) is 2. The molecule has 0 saturated carbocycles. The number of nitrogens with one attached hydrogen (secondary N) is 2. The Morgan fingerprint density at radius 3 is 2.29 bits per heavy atom. The van der Waals surface area contributed by atoms with Crippen molar-refractivity contribution in [1.82, 2.24) is 5.32 Å². The van der Waals surface area contributed by atoms with Gasteiger partial charge in [-0.25, -0.2) is 8.42 Å². The van der Waals surface area contributed by atoms with E-state index in [1.807, 2.05) is 6.07 Å². The van der Waals surface area contributed by atoms with Crippen LogP contribution < -0.4 is 14.9 Å². The number of para-hydroxylation sites is 1. The van der Waals surface area contributed by atoms with Crippen molar-refractivity contribution in [3.05, 3.63) is 76.2 Å². The minimum Gasteiger partial charge on any atom is -0.355 e. The second-order valence-electron chi connectivity index (χ2n) is 7.98. The molecule has 0 fully saturated rings. The van der Waals surface area contributed by atoms with E-state index in [1.54, 1.807) is 38.2 Å². The lowest BCUT2D eigenvalue weighted by Crippen LogP contribution is -2.30. The van der Waals surface area contributed by atoms with E-state index in [2.05, 4.69) is 10.6 Å². The molecule has 2 aromatic carbocycles. The maximum absolute atomic E-state index is 13.2. The molecule has 1 aromatic heterocycles. The monoisotopic (exact) mass is 497 g/mol. The summed E-state index contributed by atoms with van der Waals surface area (Å²) in [5, 5.41) is 6.08. The van der Waals surface area contributed by atoms with E-state index in [4.69, 9.17) is 0 Å². The quantitative estimate of drug-likeness (QED) is 0.504. The molecule has 7 nitrogen and oxygen atoms in total. The van der Waals surface area contributed by atoms with Crippen LogP contribution in [0.25, 0.3) is 0 Å². The number of benzene rings is 2. The van der Waals surface area contributed by atoms with Gasteiger partial charge in [-0.1, -0.05) is 18.2 Å². The van der Waals surface area contributed by atoms with Crippen LogP contribution in [0.4, 0.5) is 10.7 Å². The molecule has 0 spiro atoms. The molecule has 0 atom stereocenters. The standard InChI is InChI=1S/C25H27N3O4S2/c1-3-28(18-9-5-4-6-10-18)34(31,32)19-15-13-17(14-16-19)23(29)27-25-22(24(30)26-2)20-11-7-8-12-21(20)33-25/h4-6,9-10,13-16H,3,7-8,11-12H2,1-2H3,(H,26,30)(H,27,29). The van der Waals surface area contributed by atoms with Crippen molar-refractivity contribution in [3.63, 3.8) is 0 Å². The minimum atomic E-state index is -3.78. The molecule has 1 aliphatic carbocycles. The first-order chi connectivity index (χ1) is 16.4. The zero-order valence-electron chi connectivity index (χ0n) is 19.1. The van der Waals surface area contributed by atoms with Crippen LogP contribution in [0.1, 0.15) is 50.9 Å². The Morgan fingerprint density at radius 1 is 0.971 bits per heavy atom. The van der Waals surface area contributed by atoms with Gasteiger partial charge in [-0.15, -0.1) is 11.3 Å². The molecule has 2 amide bonds. The lowest BCUT2D eigenvalue weighted by molar-refractivity contribution is 0.0963. The number of nitrogens with zero attached hydrogens (tertiary/aromatic N) is 1. The third kappa shape index (κ3) is 4.58. The van der Waals surface area contributed by atoms with E-state index in [0.29, 0.717) is 21.8 Å². The molecule has 0 radical (unpaired) electrons. The zero-order valence-corrected chi connectivity index (χ0v) is 20.8. The number of rotatable bonds is 7. The summed E-state index contributed by atoms with van der Waals surface area (Å²) in [6.07, 6.45) is 3.82. The number of aryl methyl sites for hydroxylation is 1. The van der Waals surface area contributed by atoms with E-state index in [9.17, 15) is 18.0 Å². The summed E-state index contributed by atoms with van der Waals surface area (Å²) in [6, 6.07) is 14.8. The van der Waals surface area contributed by atoms with Crippen molar-refractivity contribution in [1.29, 1.82) is 0 Å². The predicted molar refractivity (Wildman–Crippen MR) is 135 cm³/mol. The van der Waals surface area contributed by atoms with Gasteiger partial charge in [0.1, 0.15) is 5.00 Å². The van der Waals surface area contributed by atoms with E-state index in [1.165, 1.54) is 39.9 Å². The Morgan fingerprint density at radius 2 is 1.65 bits per heavy atom. The summed E-state index contributed by atoms with van der Waals surface area (Å²) in [5.41, 5.74) is 2.45. The molecule has 3 aromatic rings. The van der Waals surface area contributed by atoms with Gasteiger partial charge in [0.25, 0.3) is 21.8 Å². The van der Waals surface area contributed by atoms with Crippen molar-refractivity contribution < 1.29 is 18.0 Å². The molecule has 178 valence electrons. The van der Waals surface area contributed by atoms with Gasteiger partial charge in [-0.3, -0.25) is 13.9 Å². The number of thiophene rings is 1. The maximum Gasteiger partial charge on any atom is 0.264 e. The van der Waals surface area contributed by atoms with E-state index in [-0.39, 0.29) is 23.3 Å². The maximum atomic E-state index is 13.2. The smallest absolute Gasteiger partial charge is 0.264 e. The summed E-state index contributed by atoms with van der Waals surface area (Å²) < 4.78 is 27.7. The number of carbonyl (C=O) groups excluding carboxylic acids is 2. The largest absolute Gasteiger partial charge is 0.355 e. The van der Waals surface area contributed by atoms with Gasteiger partial charge in [-0.05, 0) is 74.6 Å². The fourth-order valence-corrected chi connectivity index (χ4v) is 6.94. The lowest BCUT2D eigenvalue weighted by Gasteiger charge is -2.23. The average molecular weight is 498 g/mol. The molecule has 2 N–H and O–H groups in total. The van der Waals surface area contributed by atoms with Crippen LogP contribution in [0.3, 0.4) is 0 Å². The van der Waals surface area contributed by atoms with Gasteiger partial charge >= 0.3 is 0 Å². The van der Waals surface area contributed by atoms with Crippen molar-refractivity contribution in [2.24, 2.45) is 0 Å². The molecule has 4 rings (SSSR count). The third-order valence-electron chi connectivity index (χ3n) is 5.89. The van der Waals surface area contributed by atoms with E-state index < -0.39 is 10.0 Å². The minimum absolute atomic E-state index is 0.104. The summed E-state index contributed by atoms with van der Waals surface area (Å²) in [7, 11) is -2.20. The zero-order chi connectivity index (χ0) is 24.3. The van der Waals surface area contributed by atoms with Crippen molar-refractivity contribution in [2.75, 3.05) is 23.2 Å². The topological polar surface area (TPSA) is 95.6 Å². The average Bonchev–Trinajstić information content (AvgIpc) is 3.22. The Hall–Kier alpha value is -3.17. The Bertz CT molecular complexity index is 1300. The van der Waals surface area contributed by atoms with Crippen LogP contribution in [0, 0.1) is 0 Å². The fourth-order valence-electron chi connectivity index (χ4n) is 4.19. The Labute approximate surface area is 203 Å². The molecule has 0 unspecified atom stereocenters. The number of fused-ring (bicyclic) bond motifs is 1. The molecule has 0 bridgehead atoms. The number of amides is 2. The SMILES string of the molecule is CCN(c1ccccc1)S(=O)(=O)c1ccc(C(=O)Nc2sc3c(c2C(=O)NC)CCCC3)cc1. The van der Waals surface area contributed by atoms with Gasteiger partial charge in [0.2, 0.25) is 0 Å². The van der Waals surface area contributed by atoms with Crippen LogP contribution in [0.15, 0.2) is 59.5 Å². The van der Waals surface area contributed by atoms with Gasteiger partial charge in [0, 0.05) is 24.0 Å². The Kier molecular flexibility index (Phi) is 7.04. The molecule has 1 heterocycles. The van der Waals surface area contributed by atoms with Gasteiger partial charge in [-0.2, -0.15) is 0 Å². The molecule has 0 saturated heterocycles. The van der Waals surface area contributed by atoms with Crippen LogP contribution in [0.5, 0.6) is 0 Å². The first kappa shape index (κ1) is 24.0. The highest BCUT2D eigenvalue weighted by atomic mass is 32.2. The first-order valence-electron chi connectivity index (χ1n) is 11.2. The summed E-state index contributed by atoms with van der Waals surface area (Å²) in [6.45, 7) is 2.05. The fraction of sp³-hybridized carbons (Fsp3) is 0.280. The van der Waals surface area contributed by atoms with Crippen molar-refractivity contribution in [3.8, 4) is 0 Å². The molecular formula is C25H27N3O4S2. The first-order valence-corrected chi connectivity index (χ1v) is 13.5. The normalized spacial score (nSPS) is 13.1.